The van der Waals surface area contributed by atoms with Crippen LogP contribution in [0.4, 0.5) is 5.82 Å². The highest BCUT2D eigenvalue weighted by atomic mass is 35.5. The van der Waals surface area contributed by atoms with Gasteiger partial charge in [-0.25, -0.2) is 4.98 Å². The molecule has 4 heterocycles. The Morgan fingerprint density at radius 2 is 1.74 bits per heavy atom. The summed E-state index contributed by atoms with van der Waals surface area (Å²) in [6, 6.07) is 17.4. The van der Waals surface area contributed by atoms with E-state index in [0.717, 1.165) is 61.3 Å². The van der Waals surface area contributed by atoms with Crippen LogP contribution in [0.3, 0.4) is 0 Å². The number of aryl methyl sites for hydroxylation is 2. The van der Waals surface area contributed by atoms with E-state index in [1.807, 2.05) is 55.6 Å². The molecule has 3 aromatic heterocycles. The minimum Gasteiger partial charge on any atom is -0.370 e. The lowest BCUT2D eigenvalue weighted by Crippen LogP contribution is -2.12. The smallest absolute Gasteiger partial charge is 0.163 e. The molecule has 1 aliphatic heterocycles. The molecule has 0 amide bonds. The average Bonchev–Trinajstić information content (AvgIpc) is 3.68. The van der Waals surface area contributed by atoms with E-state index < -0.39 is 6.04 Å². The topological polar surface area (TPSA) is 102 Å². The Labute approximate surface area is 276 Å². The van der Waals surface area contributed by atoms with Gasteiger partial charge in [0.1, 0.15) is 34.3 Å². The lowest BCUT2D eigenvalue weighted by atomic mass is 9.99. The maximum absolute atomic E-state index is 13.4. The first kappa shape index (κ1) is 30.2. The highest BCUT2D eigenvalue weighted by molar-refractivity contribution is 7.15. The van der Waals surface area contributed by atoms with E-state index in [4.69, 9.17) is 16.6 Å². The number of anilines is 1. The van der Waals surface area contributed by atoms with Crippen LogP contribution in [0.1, 0.15) is 69.6 Å². The molecule has 0 saturated heterocycles. The van der Waals surface area contributed by atoms with Crippen molar-refractivity contribution in [1.82, 2.24) is 19.7 Å². The van der Waals surface area contributed by atoms with E-state index in [2.05, 4.69) is 51.0 Å². The molecular weight excluding hydrogens is 616 g/mol. The van der Waals surface area contributed by atoms with Crippen LogP contribution in [0, 0.1) is 20.8 Å². The van der Waals surface area contributed by atoms with Crippen molar-refractivity contribution in [2.24, 2.45) is 4.99 Å². The number of carbonyl (C=O) groups excluding carboxylic acids is 2. The van der Waals surface area contributed by atoms with Crippen LogP contribution >= 0.6 is 22.9 Å². The molecule has 1 N–H and O–H groups in total. The van der Waals surface area contributed by atoms with Gasteiger partial charge < -0.3 is 5.32 Å². The molecule has 0 radical (unpaired) electrons. The van der Waals surface area contributed by atoms with Gasteiger partial charge in [-0.05, 0) is 73.7 Å². The molecule has 0 saturated carbocycles. The van der Waals surface area contributed by atoms with Crippen LogP contribution < -0.4 is 5.32 Å². The fourth-order valence-corrected chi connectivity index (χ4v) is 7.59. The van der Waals surface area contributed by atoms with Crippen molar-refractivity contribution < 1.29 is 9.59 Å². The molecule has 8 nitrogen and oxygen atoms in total. The average molecular weight is 649 g/mol. The molecule has 5 aromatic rings. The molecule has 7 rings (SSSR count). The summed E-state index contributed by atoms with van der Waals surface area (Å²) in [7, 11) is 0. The zero-order valence-corrected chi connectivity index (χ0v) is 27.5. The summed E-state index contributed by atoms with van der Waals surface area (Å²) in [5.41, 5.74) is 8.32. The highest BCUT2D eigenvalue weighted by Crippen LogP contribution is 2.40. The van der Waals surface area contributed by atoms with Gasteiger partial charge in [0.25, 0.3) is 0 Å². The van der Waals surface area contributed by atoms with Gasteiger partial charge in [-0.1, -0.05) is 41.9 Å². The second-order valence-corrected chi connectivity index (χ2v) is 13.6. The number of fused-ring (bicyclic) bond motifs is 4. The molecule has 0 unspecified atom stereocenters. The third-order valence-electron chi connectivity index (χ3n) is 8.79. The van der Waals surface area contributed by atoms with Crippen molar-refractivity contribution in [2.45, 2.75) is 58.9 Å². The number of hydrogen-bond donors (Lipinski definition) is 1. The van der Waals surface area contributed by atoms with E-state index in [-0.39, 0.29) is 18.0 Å². The number of nitrogens with zero attached hydrogens (tertiary/aromatic N) is 5. The zero-order valence-electron chi connectivity index (χ0n) is 25.9. The zero-order chi connectivity index (χ0) is 31.9. The van der Waals surface area contributed by atoms with Crippen LogP contribution in [0.5, 0.6) is 0 Å². The fourth-order valence-electron chi connectivity index (χ4n) is 6.25. The molecule has 46 heavy (non-hydrogen) atoms. The molecule has 0 spiro atoms. The third kappa shape index (κ3) is 5.81. The number of rotatable bonds is 9. The SMILES string of the molecule is Cc1sc2c(c1C)C(c1ccc(Cl)cc1)=N[C@@H](CC(=O)CCCNc1ccc(-c3ccc4c(c3)CC(=O)C4)cn1)c1nnc(C)n1-2. The Kier molecular flexibility index (Phi) is 8.13. The number of nitrogens with one attached hydrogen (secondary N) is 1. The summed E-state index contributed by atoms with van der Waals surface area (Å²) in [6.45, 7) is 6.79. The van der Waals surface area contributed by atoms with Gasteiger partial charge in [-0.3, -0.25) is 19.1 Å². The van der Waals surface area contributed by atoms with Gasteiger partial charge in [0.05, 0.1) is 5.71 Å². The van der Waals surface area contributed by atoms with Crippen LogP contribution in [-0.4, -0.2) is 43.6 Å². The molecule has 1 atom stereocenters. The van der Waals surface area contributed by atoms with Crippen molar-refractivity contribution >= 4 is 46.0 Å². The van der Waals surface area contributed by atoms with Crippen molar-refractivity contribution in [1.29, 1.82) is 0 Å². The summed E-state index contributed by atoms with van der Waals surface area (Å²) in [6.07, 6.45) is 4.21. The van der Waals surface area contributed by atoms with Crippen LogP contribution in [0.15, 0.2) is 65.8 Å². The monoisotopic (exact) mass is 648 g/mol. The van der Waals surface area contributed by atoms with Crippen LogP contribution in [0.25, 0.3) is 16.1 Å². The molecular formula is C36H33ClN6O2S. The summed E-state index contributed by atoms with van der Waals surface area (Å²) < 4.78 is 2.07. The normalized spacial score (nSPS) is 15.2. The van der Waals surface area contributed by atoms with E-state index in [1.165, 1.54) is 4.88 Å². The van der Waals surface area contributed by atoms with E-state index in [9.17, 15) is 9.59 Å². The van der Waals surface area contributed by atoms with Crippen molar-refractivity contribution in [3.63, 3.8) is 0 Å². The minimum absolute atomic E-state index is 0.120. The van der Waals surface area contributed by atoms with Gasteiger partial charge in [-0.15, -0.1) is 21.5 Å². The number of pyridine rings is 1. The van der Waals surface area contributed by atoms with Gasteiger partial charge in [-0.2, -0.15) is 0 Å². The summed E-state index contributed by atoms with van der Waals surface area (Å²) in [4.78, 5) is 36.2. The Bertz CT molecular complexity index is 2010. The first-order valence-electron chi connectivity index (χ1n) is 15.5. The van der Waals surface area contributed by atoms with E-state index >= 15 is 0 Å². The first-order chi connectivity index (χ1) is 22.2. The molecule has 0 bridgehead atoms. The van der Waals surface area contributed by atoms with Gasteiger partial charge in [0.2, 0.25) is 0 Å². The van der Waals surface area contributed by atoms with Crippen molar-refractivity contribution in [3.8, 4) is 16.1 Å². The fraction of sp³-hybridized carbons (Fsp3) is 0.278. The second kappa shape index (κ2) is 12.4. The predicted molar refractivity (Wildman–Crippen MR) is 183 cm³/mol. The van der Waals surface area contributed by atoms with Gasteiger partial charge >= 0.3 is 0 Å². The highest BCUT2D eigenvalue weighted by Gasteiger charge is 2.32. The predicted octanol–water partition coefficient (Wildman–Crippen LogP) is 7.38. The third-order valence-corrected chi connectivity index (χ3v) is 10.2. The maximum atomic E-state index is 13.4. The number of aliphatic imine (C=N–C) groups is 1. The van der Waals surface area contributed by atoms with Crippen LogP contribution in [-0.2, 0) is 22.4 Å². The van der Waals surface area contributed by atoms with Crippen LogP contribution in [0.2, 0.25) is 5.02 Å². The summed E-state index contributed by atoms with van der Waals surface area (Å²) >= 11 is 7.92. The minimum atomic E-state index is -0.460. The number of aromatic nitrogens is 4. The Morgan fingerprint density at radius 3 is 2.52 bits per heavy atom. The Morgan fingerprint density at radius 1 is 0.978 bits per heavy atom. The Hall–Kier alpha value is -4.47. The number of carbonyl (C=O) groups is 2. The molecule has 2 aliphatic rings. The van der Waals surface area contributed by atoms with Gasteiger partial charge in [0, 0.05) is 65.0 Å². The molecule has 1 aliphatic carbocycles. The number of Topliss-reactive ketones (excluding diaryl/α,β-unsaturated/α-hetero) is 2. The molecule has 0 fully saturated rings. The van der Waals surface area contributed by atoms with Crippen molar-refractivity contribution in [3.05, 3.63) is 110 Å². The lowest BCUT2D eigenvalue weighted by Gasteiger charge is -2.13. The number of benzene rings is 2. The standard InChI is InChI=1S/C36H33ClN6O2S/c1-20-21(2)46-36-33(20)34(23-8-11-28(37)12-9-23)40-31(35-42-41-22(3)43(35)36)18-29(44)5-4-14-38-32-13-10-26(19-39-32)24-6-7-25-16-30(45)17-27(25)15-24/h6-13,15,19,31H,4-5,14,16-18H2,1-3H3,(H,38,39)/t31-/m0/s1. The molecule has 2 aromatic carbocycles. The number of hydrogen-bond acceptors (Lipinski definition) is 8. The lowest BCUT2D eigenvalue weighted by molar-refractivity contribution is -0.119. The first-order valence-corrected chi connectivity index (χ1v) is 16.7. The Balaban J connectivity index is 1.03. The number of halogens is 1. The molecule has 10 heteroatoms. The van der Waals surface area contributed by atoms with Crippen molar-refractivity contribution in [2.75, 3.05) is 11.9 Å². The van der Waals surface area contributed by atoms with E-state index in [1.54, 1.807) is 11.3 Å². The maximum Gasteiger partial charge on any atom is 0.163 e. The largest absolute Gasteiger partial charge is 0.370 e. The summed E-state index contributed by atoms with van der Waals surface area (Å²) in [5, 5.41) is 13.9. The molecule has 232 valence electrons. The number of thiophene rings is 1. The van der Waals surface area contributed by atoms with E-state index in [0.29, 0.717) is 43.1 Å². The number of ketones is 2. The summed E-state index contributed by atoms with van der Waals surface area (Å²) in [5.74, 6) is 2.61. The van der Waals surface area contributed by atoms with Gasteiger partial charge in [0.15, 0.2) is 5.82 Å². The quantitative estimate of drug-likeness (QED) is 0.167. The second-order valence-electron chi connectivity index (χ2n) is 12.0.